The zero-order chi connectivity index (χ0) is 23.1. The van der Waals surface area contributed by atoms with Gasteiger partial charge >= 0.3 is 0 Å². The van der Waals surface area contributed by atoms with Crippen molar-refractivity contribution in [3.63, 3.8) is 0 Å². The maximum atomic E-state index is 13.4. The number of amides is 1. The van der Waals surface area contributed by atoms with Crippen molar-refractivity contribution < 1.29 is 17.9 Å². The molecule has 0 aliphatic carbocycles. The van der Waals surface area contributed by atoms with Gasteiger partial charge in [0.1, 0.15) is 5.75 Å². The van der Waals surface area contributed by atoms with Crippen LogP contribution in [0.4, 0.5) is 0 Å². The molecule has 32 heavy (non-hydrogen) atoms. The molecular weight excluding hydrogens is 424 g/mol. The van der Waals surface area contributed by atoms with E-state index in [1.165, 1.54) is 17.5 Å². The summed E-state index contributed by atoms with van der Waals surface area (Å²) in [6.07, 6.45) is 0. The normalized spacial score (nSPS) is 11.4. The molecular formula is C25H28N2O4S. The fourth-order valence-corrected chi connectivity index (χ4v) is 4.88. The fourth-order valence-electron chi connectivity index (χ4n) is 3.41. The van der Waals surface area contributed by atoms with Gasteiger partial charge in [0.15, 0.2) is 0 Å². The van der Waals surface area contributed by atoms with Crippen molar-refractivity contribution >= 4 is 15.9 Å². The Morgan fingerprint density at radius 3 is 2.31 bits per heavy atom. The molecule has 0 atom stereocenters. The minimum absolute atomic E-state index is 0.0894. The lowest BCUT2D eigenvalue weighted by molar-refractivity contribution is -0.121. The Kier molecular flexibility index (Phi) is 7.66. The monoisotopic (exact) mass is 452 g/mol. The number of nitrogens with zero attached hydrogens (tertiary/aromatic N) is 1. The van der Waals surface area contributed by atoms with Crippen molar-refractivity contribution in [1.82, 2.24) is 9.62 Å². The summed E-state index contributed by atoms with van der Waals surface area (Å²) < 4.78 is 33.3. The fraction of sp³-hybridized carbons (Fsp3) is 0.240. The van der Waals surface area contributed by atoms with E-state index < -0.39 is 10.0 Å². The SMILES string of the molecule is COc1ccc(S(=O)(=O)N(CC(=O)NCc2cccc(C)c2)Cc2ccccc2)cc1C. The minimum Gasteiger partial charge on any atom is -0.496 e. The summed E-state index contributed by atoms with van der Waals surface area (Å²) in [4.78, 5) is 12.8. The van der Waals surface area contributed by atoms with E-state index in [-0.39, 0.29) is 23.9 Å². The van der Waals surface area contributed by atoms with Gasteiger partial charge in [0.2, 0.25) is 15.9 Å². The third-order valence-corrected chi connectivity index (χ3v) is 6.89. The first-order valence-electron chi connectivity index (χ1n) is 10.3. The molecule has 1 N–H and O–H groups in total. The highest BCUT2D eigenvalue weighted by Gasteiger charge is 2.27. The van der Waals surface area contributed by atoms with Gasteiger partial charge in [0.05, 0.1) is 18.6 Å². The van der Waals surface area contributed by atoms with Gasteiger partial charge in [0.25, 0.3) is 0 Å². The molecule has 168 valence electrons. The number of rotatable bonds is 9. The molecule has 0 aliphatic heterocycles. The zero-order valence-electron chi connectivity index (χ0n) is 18.5. The number of hydrogen-bond donors (Lipinski definition) is 1. The predicted octanol–water partition coefficient (Wildman–Crippen LogP) is 3.82. The van der Waals surface area contributed by atoms with Crippen molar-refractivity contribution in [1.29, 1.82) is 0 Å². The molecule has 1 amide bonds. The smallest absolute Gasteiger partial charge is 0.243 e. The van der Waals surface area contributed by atoms with E-state index in [1.54, 1.807) is 19.1 Å². The van der Waals surface area contributed by atoms with Crippen molar-refractivity contribution in [2.75, 3.05) is 13.7 Å². The van der Waals surface area contributed by atoms with Gasteiger partial charge in [-0.1, -0.05) is 60.2 Å². The Labute approximate surface area is 189 Å². The van der Waals surface area contributed by atoms with Crippen molar-refractivity contribution in [2.45, 2.75) is 31.8 Å². The number of aryl methyl sites for hydroxylation is 2. The van der Waals surface area contributed by atoms with Crippen LogP contribution in [0.2, 0.25) is 0 Å². The molecule has 6 nitrogen and oxygen atoms in total. The van der Waals surface area contributed by atoms with Gasteiger partial charge in [-0.15, -0.1) is 0 Å². The first-order valence-corrected chi connectivity index (χ1v) is 11.7. The molecule has 7 heteroatoms. The summed E-state index contributed by atoms with van der Waals surface area (Å²) in [5.74, 6) is 0.241. The maximum Gasteiger partial charge on any atom is 0.243 e. The number of benzene rings is 3. The van der Waals surface area contributed by atoms with Gasteiger partial charge in [-0.05, 0) is 48.7 Å². The van der Waals surface area contributed by atoms with Crippen molar-refractivity contribution in [2.24, 2.45) is 0 Å². The minimum atomic E-state index is -3.91. The topological polar surface area (TPSA) is 75.7 Å². The maximum absolute atomic E-state index is 13.4. The molecule has 0 unspecified atom stereocenters. The summed E-state index contributed by atoms with van der Waals surface area (Å²) in [7, 11) is -2.38. The van der Waals surface area contributed by atoms with E-state index in [0.717, 1.165) is 16.7 Å². The lowest BCUT2D eigenvalue weighted by atomic mass is 10.1. The van der Waals surface area contributed by atoms with Crippen molar-refractivity contribution in [3.05, 3.63) is 95.1 Å². The van der Waals surface area contributed by atoms with Gasteiger partial charge < -0.3 is 10.1 Å². The molecule has 3 aromatic rings. The quantitative estimate of drug-likeness (QED) is 0.536. The Bertz CT molecular complexity index is 1180. The second-order valence-corrected chi connectivity index (χ2v) is 9.59. The molecule has 3 aromatic carbocycles. The predicted molar refractivity (Wildman–Crippen MR) is 125 cm³/mol. The molecule has 0 radical (unpaired) electrons. The van der Waals surface area contributed by atoms with Crippen LogP contribution in [0.15, 0.2) is 77.7 Å². The molecule has 3 rings (SSSR count). The van der Waals surface area contributed by atoms with E-state index in [0.29, 0.717) is 17.9 Å². The van der Waals surface area contributed by atoms with E-state index >= 15 is 0 Å². The van der Waals surface area contributed by atoms with Crippen LogP contribution in [0.1, 0.15) is 22.3 Å². The average molecular weight is 453 g/mol. The standard InChI is InChI=1S/C25H28N2O4S/c1-19-8-7-11-22(14-19)16-26-25(28)18-27(17-21-9-5-4-6-10-21)32(29,30)23-12-13-24(31-3)20(2)15-23/h4-15H,16-18H2,1-3H3,(H,26,28). The highest BCUT2D eigenvalue weighted by atomic mass is 32.2. The number of methoxy groups -OCH3 is 1. The van der Waals surface area contributed by atoms with Gasteiger partial charge in [-0.2, -0.15) is 4.31 Å². The van der Waals surface area contributed by atoms with E-state index in [2.05, 4.69) is 5.32 Å². The van der Waals surface area contributed by atoms with E-state index in [9.17, 15) is 13.2 Å². The largest absolute Gasteiger partial charge is 0.496 e. The summed E-state index contributed by atoms with van der Waals surface area (Å²) in [5.41, 5.74) is 3.56. The molecule has 0 aliphatic rings. The number of carbonyl (C=O) groups excluding carboxylic acids is 1. The number of nitrogens with one attached hydrogen (secondary N) is 1. The van der Waals surface area contributed by atoms with Crippen LogP contribution in [0.25, 0.3) is 0 Å². The van der Waals surface area contributed by atoms with Crippen LogP contribution in [0.3, 0.4) is 0 Å². The zero-order valence-corrected chi connectivity index (χ0v) is 19.4. The molecule has 0 spiro atoms. The van der Waals surface area contributed by atoms with Crippen LogP contribution in [0, 0.1) is 13.8 Å². The van der Waals surface area contributed by atoms with Crippen LogP contribution >= 0.6 is 0 Å². The second-order valence-electron chi connectivity index (χ2n) is 7.66. The second kappa shape index (κ2) is 10.4. The third-order valence-electron chi connectivity index (χ3n) is 5.10. The number of sulfonamides is 1. The summed E-state index contributed by atoms with van der Waals surface area (Å²) >= 11 is 0. The van der Waals surface area contributed by atoms with Crippen molar-refractivity contribution in [3.8, 4) is 5.75 Å². The average Bonchev–Trinajstić information content (AvgIpc) is 2.78. The highest BCUT2D eigenvalue weighted by molar-refractivity contribution is 7.89. The summed E-state index contributed by atoms with van der Waals surface area (Å²) in [5, 5.41) is 2.83. The first-order chi connectivity index (χ1) is 15.3. The van der Waals surface area contributed by atoms with Crippen LogP contribution < -0.4 is 10.1 Å². The Morgan fingerprint density at radius 2 is 1.66 bits per heavy atom. The lowest BCUT2D eigenvalue weighted by Gasteiger charge is -2.22. The van der Waals surface area contributed by atoms with Crippen LogP contribution in [-0.2, 0) is 27.9 Å². The van der Waals surface area contributed by atoms with E-state index in [4.69, 9.17) is 4.74 Å². The molecule has 0 aromatic heterocycles. The molecule has 0 fully saturated rings. The lowest BCUT2D eigenvalue weighted by Crippen LogP contribution is -2.40. The summed E-state index contributed by atoms with van der Waals surface area (Å²) in [6, 6.07) is 21.7. The Hall–Kier alpha value is -3.16. The number of carbonyl (C=O) groups is 1. The van der Waals surface area contributed by atoms with Gasteiger partial charge in [-0.25, -0.2) is 8.42 Å². The van der Waals surface area contributed by atoms with Gasteiger partial charge in [0, 0.05) is 13.1 Å². The molecule has 0 bridgehead atoms. The van der Waals surface area contributed by atoms with Crippen LogP contribution in [-0.4, -0.2) is 32.3 Å². The third kappa shape index (κ3) is 5.96. The molecule has 0 saturated carbocycles. The molecule has 0 saturated heterocycles. The van der Waals surface area contributed by atoms with E-state index in [1.807, 2.05) is 61.5 Å². The molecule has 0 heterocycles. The van der Waals surface area contributed by atoms with Crippen LogP contribution in [0.5, 0.6) is 5.75 Å². The number of ether oxygens (including phenoxy) is 1. The Balaban J connectivity index is 1.82. The first kappa shape index (κ1) is 23.5. The summed E-state index contributed by atoms with van der Waals surface area (Å²) in [6.45, 7) is 3.91. The Morgan fingerprint density at radius 1 is 0.938 bits per heavy atom. The van der Waals surface area contributed by atoms with Gasteiger partial charge in [-0.3, -0.25) is 4.79 Å². The number of hydrogen-bond acceptors (Lipinski definition) is 4. The highest BCUT2D eigenvalue weighted by Crippen LogP contribution is 2.24.